The number of benzene rings is 1. The quantitative estimate of drug-likeness (QED) is 0.819. The van der Waals surface area contributed by atoms with Crippen LogP contribution in [0.5, 0.6) is 5.75 Å². The van der Waals surface area contributed by atoms with Crippen molar-refractivity contribution < 1.29 is 14.0 Å². The van der Waals surface area contributed by atoms with E-state index in [2.05, 4.69) is 0 Å². The van der Waals surface area contributed by atoms with E-state index in [9.17, 15) is 5.02 Å². The van der Waals surface area contributed by atoms with E-state index in [-0.39, 0.29) is 0 Å². The molecular formula is C11H19BO3Si. The van der Waals surface area contributed by atoms with Crippen molar-refractivity contribution in [3.8, 4) is 5.75 Å². The van der Waals surface area contributed by atoms with Gasteiger partial charge in [-0.15, -0.1) is 0 Å². The summed E-state index contributed by atoms with van der Waals surface area (Å²) in [5.41, 5.74) is 2.17. The summed E-state index contributed by atoms with van der Waals surface area (Å²) in [5.74, 6) is 0.672. The van der Waals surface area contributed by atoms with E-state index < -0.39 is 15.6 Å². The molecule has 1 N–H and O–H groups in total. The first-order valence-electron chi connectivity index (χ1n) is 5.38. The van der Waals surface area contributed by atoms with Crippen LogP contribution >= 0.6 is 0 Å². The lowest BCUT2D eigenvalue weighted by atomic mass is 10.1. The zero-order valence-corrected chi connectivity index (χ0v) is 11.6. The molecule has 3 nitrogen and oxygen atoms in total. The minimum atomic E-state index is -1.78. The standard InChI is InChI=1S/C11H19BO3Si/c1-9-7-6-8-11(10(9)2)14-12(13)15-16(3,4)5/h6-8,13H,1-5H3. The maximum absolute atomic E-state index is 9.64. The molecule has 88 valence electrons. The van der Waals surface area contributed by atoms with Gasteiger partial charge in [-0.2, -0.15) is 0 Å². The lowest BCUT2D eigenvalue weighted by Gasteiger charge is -2.20. The van der Waals surface area contributed by atoms with Gasteiger partial charge in [0.05, 0.1) is 0 Å². The summed E-state index contributed by atoms with van der Waals surface area (Å²) in [6.45, 7) is 9.98. The number of hydrogen-bond acceptors (Lipinski definition) is 3. The first-order chi connectivity index (χ1) is 7.29. The molecule has 5 heteroatoms. The Bertz CT molecular complexity index is 363. The highest BCUT2D eigenvalue weighted by Gasteiger charge is 2.27. The molecule has 0 aliphatic heterocycles. The Balaban J connectivity index is 2.70. The van der Waals surface area contributed by atoms with Gasteiger partial charge < -0.3 is 14.0 Å². The van der Waals surface area contributed by atoms with Gasteiger partial charge in [0.2, 0.25) is 0 Å². The Labute approximate surface area is 98.7 Å². The molecule has 0 saturated carbocycles. The third-order valence-electron chi connectivity index (χ3n) is 2.24. The zero-order valence-electron chi connectivity index (χ0n) is 10.6. The number of aryl methyl sites for hydroxylation is 1. The summed E-state index contributed by atoms with van der Waals surface area (Å²) >= 11 is 0. The second-order valence-corrected chi connectivity index (χ2v) is 9.31. The predicted molar refractivity (Wildman–Crippen MR) is 68.9 cm³/mol. The average Bonchev–Trinajstić information content (AvgIpc) is 2.09. The molecule has 0 atom stereocenters. The van der Waals surface area contributed by atoms with Crippen LogP contribution < -0.4 is 4.65 Å². The maximum atomic E-state index is 9.64. The fraction of sp³-hybridized carbons (Fsp3) is 0.455. The monoisotopic (exact) mass is 238 g/mol. The topological polar surface area (TPSA) is 38.7 Å². The molecule has 0 aromatic heterocycles. The fourth-order valence-corrected chi connectivity index (χ4v) is 1.94. The van der Waals surface area contributed by atoms with Gasteiger partial charge in [0.25, 0.3) is 0 Å². The Hall–Kier alpha value is -0.778. The van der Waals surface area contributed by atoms with Gasteiger partial charge in [0, 0.05) is 0 Å². The van der Waals surface area contributed by atoms with E-state index in [1.165, 1.54) is 0 Å². The van der Waals surface area contributed by atoms with Crippen molar-refractivity contribution in [2.75, 3.05) is 0 Å². The fourth-order valence-electron chi connectivity index (χ4n) is 1.29. The van der Waals surface area contributed by atoms with Crippen molar-refractivity contribution in [3.05, 3.63) is 29.3 Å². The van der Waals surface area contributed by atoms with Crippen LogP contribution in [0.4, 0.5) is 0 Å². The average molecular weight is 238 g/mol. The van der Waals surface area contributed by atoms with Gasteiger partial charge in [-0.05, 0) is 50.7 Å². The van der Waals surface area contributed by atoms with Crippen molar-refractivity contribution in [1.82, 2.24) is 0 Å². The summed E-state index contributed by atoms with van der Waals surface area (Å²) in [7, 11) is -2.95. The summed E-state index contributed by atoms with van der Waals surface area (Å²) in [6, 6.07) is 5.74. The first-order valence-corrected chi connectivity index (χ1v) is 8.79. The van der Waals surface area contributed by atoms with Crippen LogP contribution in [0.1, 0.15) is 11.1 Å². The summed E-state index contributed by atoms with van der Waals surface area (Å²) < 4.78 is 10.8. The molecule has 0 aliphatic carbocycles. The van der Waals surface area contributed by atoms with Crippen LogP contribution in [-0.2, 0) is 4.34 Å². The van der Waals surface area contributed by atoms with Crippen molar-refractivity contribution in [2.24, 2.45) is 0 Å². The molecule has 1 rings (SSSR count). The lowest BCUT2D eigenvalue weighted by Crippen LogP contribution is -2.39. The highest BCUT2D eigenvalue weighted by molar-refractivity contribution is 6.74. The Morgan fingerprint density at radius 2 is 1.81 bits per heavy atom. The van der Waals surface area contributed by atoms with Crippen molar-refractivity contribution in [1.29, 1.82) is 0 Å². The number of hydrogen-bond donors (Lipinski definition) is 1. The predicted octanol–water partition coefficient (Wildman–Crippen LogP) is 2.51. The summed E-state index contributed by atoms with van der Waals surface area (Å²) in [5, 5.41) is 9.64. The second-order valence-electron chi connectivity index (χ2n) is 4.85. The smallest absolute Gasteiger partial charge is 0.512 e. The van der Waals surface area contributed by atoms with Gasteiger partial charge >= 0.3 is 7.32 Å². The van der Waals surface area contributed by atoms with E-state index in [1.807, 2.05) is 51.7 Å². The van der Waals surface area contributed by atoms with E-state index in [1.54, 1.807) is 0 Å². The normalized spacial score (nSPS) is 11.4. The van der Waals surface area contributed by atoms with Crippen molar-refractivity contribution in [3.63, 3.8) is 0 Å². The van der Waals surface area contributed by atoms with Gasteiger partial charge in [-0.3, -0.25) is 0 Å². The van der Waals surface area contributed by atoms with Crippen molar-refractivity contribution >= 4 is 15.6 Å². The van der Waals surface area contributed by atoms with Gasteiger partial charge in [0.1, 0.15) is 5.75 Å². The van der Waals surface area contributed by atoms with Crippen molar-refractivity contribution in [2.45, 2.75) is 33.5 Å². The van der Waals surface area contributed by atoms with Crippen LogP contribution in [-0.4, -0.2) is 20.7 Å². The molecule has 0 saturated heterocycles. The van der Waals surface area contributed by atoms with E-state index in [0.29, 0.717) is 5.75 Å². The molecule has 1 aromatic carbocycles. The molecule has 0 radical (unpaired) electrons. The third kappa shape index (κ3) is 4.00. The molecule has 0 spiro atoms. The molecule has 1 aromatic rings. The van der Waals surface area contributed by atoms with Gasteiger partial charge in [-0.25, -0.2) is 0 Å². The Morgan fingerprint density at radius 3 is 2.38 bits per heavy atom. The van der Waals surface area contributed by atoms with Crippen LogP contribution in [0.15, 0.2) is 18.2 Å². The molecule has 0 amide bonds. The van der Waals surface area contributed by atoms with Crippen LogP contribution in [0.2, 0.25) is 19.6 Å². The SMILES string of the molecule is Cc1cccc(OB(O)O[Si](C)(C)C)c1C. The molecule has 0 bridgehead atoms. The van der Waals surface area contributed by atoms with E-state index >= 15 is 0 Å². The highest BCUT2D eigenvalue weighted by atomic mass is 28.4. The molecule has 0 unspecified atom stereocenters. The first kappa shape index (κ1) is 13.3. The number of rotatable bonds is 4. The largest absolute Gasteiger partial charge is 0.699 e. The molecule has 0 aliphatic rings. The highest BCUT2D eigenvalue weighted by Crippen LogP contribution is 2.21. The third-order valence-corrected chi connectivity index (χ3v) is 3.15. The van der Waals surface area contributed by atoms with Crippen LogP contribution in [0.25, 0.3) is 0 Å². The minimum absolute atomic E-state index is 0.672. The van der Waals surface area contributed by atoms with Crippen LogP contribution in [0.3, 0.4) is 0 Å². The lowest BCUT2D eigenvalue weighted by molar-refractivity contribution is 0.294. The maximum Gasteiger partial charge on any atom is 0.699 e. The molecule has 0 fully saturated rings. The second kappa shape index (κ2) is 5.03. The zero-order chi connectivity index (χ0) is 12.3. The molecule has 0 heterocycles. The molecular weight excluding hydrogens is 219 g/mol. The van der Waals surface area contributed by atoms with Crippen LogP contribution in [0, 0.1) is 13.8 Å². The van der Waals surface area contributed by atoms with Gasteiger partial charge in [0.15, 0.2) is 8.32 Å². The summed E-state index contributed by atoms with van der Waals surface area (Å²) in [6.07, 6.45) is 0. The Morgan fingerprint density at radius 1 is 1.19 bits per heavy atom. The van der Waals surface area contributed by atoms with Gasteiger partial charge in [-0.1, -0.05) is 12.1 Å². The minimum Gasteiger partial charge on any atom is -0.512 e. The molecule has 16 heavy (non-hydrogen) atoms. The Kier molecular flexibility index (Phi) is 4.18. The van der Waals surface area contributed by atoms with E-state index in [0.717, 1.165) is 11.1 Å². The summed E-state index contributed by atoms with van der Waals surface area (Å²) in [4.78, 5) is 0. The van der Waals surface area contributed by atoms with E-state index in [4.69, 9.17) is 9.00 Å².